The Morgan fingerprint density at radius 2 is 2.04 bits per heavy atom. The second kappa shape index (κ2) is 7.36. The molecule has 1 heterocycles. The van der Waals surface area contributed by atoms with Crippen molar-refractivity contribution in [1.82, 2.24) is 4.90 Å². The van der Waals surface area contributed by atoms with E-state index in [0.29, 0.717) is 23.8 Å². The number of hydrogen-bond donors (Lipinski definition) is 1. The molecule has 0 unspecified atom stereocenters. The van der Waals surface area contributed by atoms with Crippen LogP contribution in [0, 0.1) is 5.92 Å². The molecule has 0 aromatic heterocycles. The lowest BCUT2D eigenvalue weighted by Crippen LogP contribution is -2.28. The molecule has 6 heteroatoms. The molecule has 0 spiro atoms. The Morgan fingerprint density at radius 1 is 1.25 bits per heavy atom. The fraction of sp³-hybridized carbons (Fsp3) is 0.222. The molecule has 1 aliphatic rings. The third-order valence-electron chi connectivity index (χ3n) is 4.00. The highest BCUT2D eigenvalue weighted by molar-refractivity contribution is 9.10. The van der Waals surface area contributed by atoms with Crippen molar-refractivity contribution in [3.05, 3.63) is 63.6 Å². The van der Waals surface area contributed by atoms with E-state index in [9.17, 15) is 9.59 Å². The van der Waals surface area contributed by atoms with Gasteiger partial charge in [0.1, 0.15) is 0 Å². The van der Waals surface area contributed by atoms with Crippen molar-refractivity contribution in [2.75, 3.05) is 11.9 Å². The molecule has 4 nitrogen and oxygen atoms in total. The average Bonchev–Trinajstić information content (AvgIpc) is 2.91. The van der Waals surface area contributed by atoms with Gasteiger partial charge in [-0.1, -0.05) is 51.8 Å². The minimum atomic E-state index is -0.348. The molecule has 1 aliphatic heterocycles. The topological polar surface area (TPSA) is 49.4 Å². The first-order valence-electron chi connectivity index (χ1n) is 7.60. The van der Waals surface area contributed by atoms with Crippen molar-refractivity contribution in [1.29, 1.82) is 0 Å². The van der Waals surface area contributed by atoms with Crippen molar-refractivity contribution < 1.29 is 9.59 Å². The molecule has 1 fully saturated rings. The molecule has 2 amide bonds. The van der Waals surface area contributed by atoms with Gasteiger partial charge in [-0.15, -0.1) is 0 Å². The van der Waals surface area contributed by atoms with Crippen LogP contribution in [0.25, 0.3) is 0 Å². The Balaban J connectivity index is 1.64. The molecular formula is C18H16BrClN2O2. The Bertz CT molecular complexity index is 781. The van der Waals surface area contributed by atoms with Crippen LogP contribution in [-0.2, 0) is 16.1 Å². The van der Waals surface area contributed by atoms with Gasteiger partial charge in [-0.25, -0.2) is 0 Å². The second-order valence-corrected chi connectivity index (χ2v) is 7.09. The van der Waals surface area contributed by atoms with Crippen LogP contribution in [0.15, 0.2) is 53.0 Å². The first-order valence-corrected chi connectivity index (χ1v) is 8.77. The van der Waals surface area contributed by atoms with Crippen molar-refractivity contribution in [3.8, 4) is 0 Å². The second-order valence-electron chi connectivity index (χ2n) is 5.77. The van der Waals surface area contributed by atoms with Gasteiger partial charge in [0.2, 0.25) is 11.8 Å². The van der Waals surface area contributed by atoms with Crippen LogP contribution in [-0.4, -0.2) is 23.3 Å². The van der Waals surface area contributed by atoms with Crippen LogP contribution in [0.1, 0.15) is 12.0 Å². The molecule has 0 aliphatic carbocycles. The largest absolute Gasteiger partial charge is 0.337 e. The van der Waals surface area contributed by atoms with Crippen molar-refractivity contribution in [2.24, 2.45) is 5.92 Å². The van der Waals surface area contributed by atoms with Gasteiger partial charge in [0, 0.05) is 34.7 Å². The highest BCUT2D eigenvalue weighted by atomic mass is 79.9. The Morgan fingerprint density at radius 3 is 2.79 bits per heavy atom. The molecule has 124 valence electrons. The lowest BCUT2D eigenvalue weighted by atomic mass is 10.1. The number of halogens is 2. The van der Waals surface area contributed by atoms with Crippen LogP contribution >= 0.6 is 27.5 Å². The zero-order valence-electron chi connectivity index (χ0n) is 12.8. The van der Waals surface area contributed by atoms with Crippen molar-refractivity contribution in [2.45, 2.75) is 13.0 Å². The van der Waals surface area contributed by atoms with Gasteiger partial charge in [0.15, 0.2) is 0 Å². The maximum atomic E-state index is 12.4. The van der Waals surface area contributed by atoms with Gasteiger partial charge < -0.3 is 10.2 Å². The lowest BCUT2D eigenvalue weighted by Gasteiger charge is -2.17. The quantitative estimate of drug-likeness (QED) is 0.830. The van der Waals surface area contributed by atoms with E-state index in [1.54, 1.807) is 11.0 Å². The summed E-state index contributed by atoms with van der Waals surface area (Å²) in [6.45, 7) is 0.836. The predicted molar refractivity (Wildman–Crippen MR) is 97.7 cm³/mol. The molecule has 0 radical (unpaired) electrons. The van der Waals surface area contributed by atoms with Crippen LogP contribution < -0.4 is 5.32 Å². The van der Waals surface area contributed by atoms with Crippen molar-refractivity contribution in [3.63, 3.8) is 0 Å². The molecule has 2 aromatic carbocycles. The third kappa shape index (κ3) is 3.97. The summed E-state index contributed by atoms with van der Waals surface area (Å²) in [5, 5.41) is 3.50. The number of nitrogens with one attached hydrogen (secondary N) is 1. The molecule has 3 rings (SSSR count). The summed E-state index contributed by atoms with van der Waals surface area (Å²) in [6.07, 6.45) is 0.226. The number of rotatable bonds is 4. The minimum Gasteiger partial charge on any atom is -0.337 e. The Hall–Kier alpha value is -1.85. The number of likely N-dealkylation sites (tertiary alicyclic amines) is 1. The standard InChI is InChI=1S/C18H16BrClN2O2/c19-14-5-3-6-15(9-14)21-18(24)13-8-17(23)22(11-13)10-12-4-1-2-7-16(12)20/h1-7,9,13H,8,10-11H2,(H,21,24)/t13-/m0/s1. The van der Waals surface area contributed by atoms with E-state index in [1.165, 1.54) is 0 Å². The number of benzene rings is 2. The number of carbonyl (C=O) groups is 2. The van der Waals surface area contributed by atoms with Crippen LogP contribution in [0.3, 0.4) is 0 Å². The van der Waals surface area contributed by atoms with Crippen molar-refractivity contribution >= 4 is 45.0 Å². The van der Waals surface area contributed by atoms with Crippen LogP contribution in [0.4, 0.5) is 5.69 Å². The molecule has 1 saturated heterocycles. The molecule has 0 saturated carbocycles. The summed E-state index contributed by atoms with van der Waals surface area (Å²) >= 11 is 9.52. The number of hydrogen-bond acceptors (Lipinski definition) is 2. The maximum absolute atomic E-state index is 12.4. The van der Waals surface area contributed by atoms with Crippen LogP contribution in [0.5, 0.6) is 0 Å². The summed E-state index contributed by atoms with van der Waals surface area (Å²) in [5.41, 5.74) is 1.60. The van der Waals surface area contributed by atoms with Gasteiger partial charge >= 0.3 is 0 Å². The smallest absolute Gasteiger partial charge is 0.229 e. The normalized spacial score (nSPS) is 17.2. The highest BCUT2D eigenvalue weighted by Crippen LogP contribution is 2.25. The first-order chi connectivity index (χ1) is 11.5. The van der Waals surface area contributed by atoms with Gasteiger partial charge in [-0.2, -0.15) is 0 Å². The predicted octanol–water partition coefficient (Wildman–Crippen LogP) is 4.09. The monoisotopic (exact) mass is 406 g/mol. The minimum absolute atomic E-state index is 0.0238. The third-order valence-corrected chi connectivity index (χ3v) is 4.86. The van der Waals surface area contributed by atoms with Gasteiger partial charge in [-0.3, -0.25) is 9.59 Å². The number of nitrogens with zero attached hydrogens (tertiary/aromatic N) is 1. The van der Waals surface area contributed by atoms with E-state index in [-0.39, 0.29) is 24.2 Å². The van der Waals surface area contributed by atoms with E-state index < -0.39 is 0 Å². The van der Waals surface area contributed by atoms with E-state index in [0.717, 1.165) is 10.0 Å². The maximum Gasteiger partial charge on any atom is 0.229 e. The average molecular weight is 408 g/mol. The zero-order chi connectivity index (χ0) is 17.1. The van der Waals surface area contributed by atoms with E-state index in [1.807, 2.05) is 42.5 Å². The number of anilines is 1. The Labute approximate surface area is 153 Å². The van der Waals surface area contributed by atoms with Gasteiger partial charge in [0.05, 0.1) is 5.92 Å². The zero-order valence-corrected chi connectivity index (χ0v) is 15.2. The molecule has 2 aromatic rings. The highest BCUT2D eigenvalue weighted by Gasteiger charge is 2.34. The fourth-order valence-electron chi connectivity index (χ4n) is 2.74. The molecule has 24 heavy (non-hydrogen) atoms. The van der Waals surface area contributed by atoms with Gasteiger partial charge in [-0.05, 0) is 29.8 Å². The molecule has 0 bridgehead atoms. The summed E-state index contributed by atoms with van der Waals surface area (Å²) < 4.78 is 0.892. The van der Waals surface area contributed by atoms with E-state index in [2.05, 4.69) is 21.2 Å². The SMILES string of the molecule is O=C(Nc1cccc(Br)c1)[C@H]1CC(=O)N(Cc2ccccc2Cl)C1. The summed E-state index contributed by atoms with van der Waals surface area (Å²) in [4.78, 5) is 26.3. The summed E-state index contributed by atoms with van der Waals surface area (Å²) in [7, 11) is 0. The lowest BCUT2D eigenvalue weighted by molar-refractivity contribution is -0.128. The van der Waals surface area contributed by atoms with E-state index in [4.69, 9.17) is 11.6 Å². The fourth-order valence-corrected chi connectivity index (χ4v) is 3.34. The first kappa shape index (κ1) is 17.0. The summed E-state index contributed by atoms with van der Waals surface area (Å²) in [5.74, 6) is -0.508. The number of amides is 2. The van der Waals surface area contributed by atoms with Gasteiger partial charge in [0.25, 0.3) is 0 Å². The molecule has 1 atom stereocenters. The number of carbonyl (C=O) groups excluding carboxylic acids is 2. The Kier molecular flexibility index (Phi) is 5.21. The molecular weight excluding hydrogens is 392 g/mol. The molecule has 1 N–H and O–H groups in total. The van der Waals surface area contributed by atoms with E-state index >= 15 is 0 Å². The summed E-state index contributed by atoms with van der Waals surface area (Å²) in [6, 6.07) is 14.8. The van der Waals surface area contributed by atoms with Crippen LogP contribution in [0.2, 0.25) is 5.02 Å².